The highest BCUT2D eigenvalue weighted by atomic mass is 16.5. The molecule has 0 saturated carbocycles. The maximum Gasteiger partial charge on any atom is 0.137 e. The van der Waals surface area contributed by atoms with E-state index in [1.54, 1.807) is 23.9 Å². The molecule has 2 atom stereocenters. The molecule has 0 amide bonds. The first kappa shape index (κ1) is 24.6. The highest BCUT2D eigenvalue weighted by molar-refractivity contribution is 5.66. The Hall–Kier alpha value is -3.01. The molecule has 2 unspecified atom stereocenters. The van der Waals surface area contributed by atoms with Gasteiger partial charge in [-0.05, 0) is 35.7 Å². The fraction of sp³-hybridized carbons (Fsp3) is 0.320. The first-order chi connectivity index (χ1) is 15.9. The second-order valence-corrected chi connectivity index (χ2v) is 8.09. The van der Waals surface area contributed by atoms with Gasteiger partial charge in [-0.25, -0.2) is 4.98 Å². The van der Waals surface area contributed by atoms with Crippen LogP contribution in [0.1, 0.15) is 30.5 Å². The van der Waals surface area contributed by atoms with E-state index < -0.39 is 11.6 Å². The first-order valence-electron chi connectivity index (χ1n) is 10.7. The highest BCUT2D eigenvalue weighted by Crippen LogP contribution is 2.24. The molecule has 0 bridgehead atoms. The summed E-state index contributed by atoms with van der Waals surface area (Å²) in [5.74, 6) is 1.10. The number of imidazole rings is 1. The molecule has 33 heavy (non-hydrogen) atoms. The van der Waals surface area contributed by atoms with Crippen molar-refractivity contribution in [1.29, 1.82) is 0 Å². The lowest BCUT2D eigenvalue weighted by molar-refractivity contribution is 0.0785. The number of aromatic nitrogens is 2. The van der Waals surface area contributed by atoms with Crippen molar-refractivity contribution in [3.05, 3.63) is 78.4 Å². The van der Waals surface area contributed by atoms with Crippen LogP contribution in [0.4, 0.5) is 0 Å². The van der Waals surface area contributed by atoms with Crippen LogP contribution in [0.15, 0.2) is 67.0 Å². The fourth-order valence-corrected chi connectivity index (χ4v) is 3.29. The Bertz CT molecular complexity index is 1020. The van der Waals surface area contributed by atoms with Crippen LogP contribution < -0.4 is 10.5 Å². The van der Waals surface area contributed by atoms with E-state index in [0.717, 1.165) is 16.7 Å². The van der Waals surface area contributed by atoms with E-state index >= 15 is 0 Å². The molecule has 3 aromatic rings. The fourth-order valence-electron chi connectivity index (χ4n) is 3.29. The summed E-state index contributed by atoms with van der Waals surface area (Å²) in [6, 6.07) is 15.1. The molecule has 0 spiro atoms. The predicted octanol–water partition coefficient (Wildman–Crippen LogP) is 1.91. The van der Waals surface area contributed by atoms with Gasteiger partial charge in [0.05, 0.1) is 31.4 Å². The van der Waals surface area contributed by atoms with Crippen molar-refractivity contribution in [2.75, 3.05) is 26.4 Å². The summed E-state index contributed by atoms with van der Waals surface area (Å²) in [5, 5.41) is 38.1. The van der Waals surface area contributed by atoms with Gasteiger partial charge >= 0.3 is 0 Å². The number of hydrogen-bond donors (Lipinski definition) is 5. The van der Waals surface area contributed by atoms with E-state index in [1.807, 2.05) is 60.7 Å². The molecule has 8 nitrogen and oxygen atoms in total. The topological polar surface area (TPSA) is 134 Å². The molecule has 176 valence electrons. The van der Waals surface area contributed by atoms with Gasteiger partial charge in [0.1, 0.15) is 24.3 Å². The van der Waals surface area contributed by atoms with Crippen LogP contribution in [-0.4, -0.2) is 61.9 Å². The first-order valence-corrected chi connectivity index (χ1v) is 10.7. The summed E-state index contributed by atoms with van der Waals surface area (Å²) in [4.78, 5) is 4.15. The highest BCUT2D eigenvalue weighted by Gasteiger charge is 2.24. The van der Waals surface area contributed by atoms with Gasteiger partial charge in [-0.15, -0.1) is 0 Å². The summed E-state index contributed by atoms with van der Waals surface area (Å²) in [7, 11) is 0. The number of aliphatic hydroxyl groups excluding tert-OH is 4. The van der Waals surface area contributed by atoms with Crippen molar-refractivity contribution in [2.24, 2.45) is 5.73 Å². The summed E-state index contributed by atoms with van der Waals surface area (Å²) >= 11 is 0. The van der Waals surface area contributed by atoms with Crippen LogP contribution in [0.2, 0.25) is 0 Å². The Morgan fingerprint density at radius 1 is 1.03 bits per heavy atom. The molecule has 0 aliphatic heterocycles. The summed E-state index contributed by atoms with van der Waals surface area (Å²) < 4.78 is 7.34. The van der Waals surface area contributed by atoms with Crippen LogP contribution in [0, 0.1) is 0 Å². The Morgan fingerprint density at radius 3 is 2.18 bits per heavy atom. The minimum absolute atomic E-state index is 0.00694. The number of nitrogens with two attached hydrogens (primary N) is 1. The van der Waals surface area contributed by atoms with E-state index in [2.05, 4.69) is 4.98 Å². The largest absolute Gasteiger partial charge is 0.491 e. The molecule has 6 N–H and O–H groups in total. The van der Waals surface area contributed by atoms with Crippen molar-refractivity contribution in [1.82, 2.24) is 9.55 Å². The minimum atomic E-state index is -1.17. The van der Waals surface area contributed by atoms with Gasteiger partial charge in [-0.3, -0.25) is 0 Å². The van der Waals surface area contributed by atoms with Crippen LogP contribution in [0.25, 0.3) is 17.2 Å². The number of benzene rings is 2. The number of aliphatic hydroxyl groups is 4. The molecule has 1 heterocycles. The van der Waals surface area contributed by atoms with Crippen molar-refractivity contribution >= 4 is 6.08 Å². The van der Waals surface area contributed by atoms with E-state index in [9.17, 15) is 20.4 Å². The Kier molecular flexibility index (Phi) is 8.37. The molecule has 0 saturated heterocycles. The molecule has 3 rings (SSSR count). The van der Waals surface area contributed by atoms with E-state index in [0.29, 0.717) is 11.6 Å². The van der Waals surface area contributed by atoms with E-state index in [1.165, 1.54) is 0 Å². The molecule has 2 aromatic carbocycles. The maximum absolute atomic E-state index is 9.84. The van der Waals surface area contributed by atoms with Crippen molar-refractivity contribution in [3.63, 3.8) is 0 Å². The number of hydrogen-bond acceptors (Lipinski definition) is 7. The van der Waals surface area contributed by atoms with Crippen molar-refractivity contribution in [2.45, 2.75) is 24.6 Å². The SMILES string of the molecule is CC(O)c1nccn1C(/C=C/c1ccc(-c2ccc(OCC(N)(CO)CO)cc2)cc1)CO. The Morgan fingerprint density at radius 2 is 1.64 bits per heavy atom. The lowest BCUT2D eigenvalue weighted by Crippen LogP contribution is -2.52. The summed E-state index contributed by atoms with van der Waals surface area (Å²) in [6.07, 6.45) is 6.43. The van der Waals surface area contributed by atoms with Crippen LogP contribution >= 0.6 is 0 Å². The molecule has 8 heteroatoms. The van der Waals surface area contributed by atoms with Crippen LogP contribution in [0.5, 0.6) is 5.75 Å². The van der Waals surface area contributed by atoms with E-state index in [4.69, 9.17) is 10.5 Å². The van der Waals surface area contributed by atoms with Gasteiger partial charge in [-0.1, -0.05) is 48.6 Å². The lowest BCUT2D eigenvalue weighted by atomic mass is 10.0. The maximum atomic E-state index is 9.84. The molecule has 1 aromatic heterocycles. The minimum Gasteiger partial charge on any atom is -0.491 e. The normalized spacial score (nSPS) is 13.9. The third-order valence-electron chi connectivity index (χ3n) is 5.38. The van der Waals surface area contributed by atoms with Gasteiger partial charge < -0.3 is 35.5 Å². The number of rotatable bonds is 11. The Balaban J connectivity index is 1.65. The molecular weight excluding hydrogens is 422 g/mol. The molecule has 0 fully saturated rings. The van der Waals surface area contributed by atoms with Crippen LogP contribution in [-0.2, 0) is 0 Å². The van der Waals surface area contributed by atoms with Gasteiger partial charge in [0, 0.05) is 12.4 Å². The lowest BCUT2D eigenvalue weighted by Gasteiger charge is -2.24. The number of ether oxygens (including phenoxy) is 1. The van der Waals surface area contributed by atoms with Crippen molar-refractivity contribution in [3.8, 4) is 16.9 Å². The van der Waals surface area contributed by atoms with E-state index in [-0.39, 0.29) is 32.5 Å². The number of nitrogens with zero attached hydrogens (tertiary/aromatic N) is 2. The van der Waals surface area contributed by atoms with Gasteiger partial charge in [0.2, 0.25) is 0 Å². The van der Waals surface area contributed by atoms with Gasteiger partial charge in [-0.2, -0.15) is 0 Å². The van der Waals surface area contributed by atoms with Gasteiger partial charge in [0.15, 0.2) is 0 Å². The smallest absolute Gasteiger partial charge is 0.137 e. The predicted molar refractivity (Wildman–Crippen MR) is 126 cm³/mol. The molecule has 0 aliphatic rings. The average Bonchev–Trinajstić information content (AvgIpc) is 3.34. The quantitative estimate of drug-likeness (QED) is 0.299. The zero-order valence-electron chi connectivity index (χ0n) is 18.6. The second kappa shape index (κ2) is 11.2. The molecule has 0 aliphatic carbocycles. The Labute approximate surface area is 193 Å². The third kappa shape index (κ3) is 6.28. The monoisotopic (exact) mass is 453 g/mol. The summed E-state index contributed by atoms with van der Waals surface area (Å²) in [5.41, 5.74) is 7.66. The second-order valence-electron chi connectivity index (χ2n) is 8.09. The zero-order valence-corrected chi connectivity index (χ0v) is 18.6. The zero-order chi connectivity index (χ0) is 23.8. The average molecular weight is 454 g/mol. The van der Waals surface area contributed by atoms with Crippen LogP contribution in [0.3, 0.4) is 0 Å². The molecular formula is C25H31N3O5. The third-order valence-corrected chi connectivity index (χ3v) is 5.38. The van der Waals surface area contributed by atoms with Crippen molar-refractivity contribution < 1.29 is 25.2 Å². The molecule has 0 radical (unpaired) electrons. The standard InChI is InChI=1S/C25H31N3O5/c1-18(32)24-27-12-13-28(24)22(14-29)9-4-19-2-5-20(6-3-19)21-7-10-23(11-8-21)33-17-25(26,15-30)16-31/h2-13,18,22,29-32H,14-17,26H2,1H3/b9-4+. The summed E-state index contributed by atoms with van der Waals surface area (Å²) in [6.45, 7) is 0.801. The van der Waals surface area contributed by atoms with Gasteiger partial charge in [0.25, 0.3) is 0 Å².